The maximum absolute atomic E-state index is 11.9. The first-order valence-electron chi connectivity index (χ1n) is 7.19. The normalized spacial score (nSPS) is 11.0. The number of aryl methyl sites for hydroxylation is 2. The van der Waals surface area contributed by atoms with Crippen molar-refractivity contribution in [2.45, 2.75) is 20.3 Å². The molecule has 0 saturated carbocycles. The highest BCUT2D eigenvalue weighted by Crippen LogP contribution is 2.17. The fraction of sp³-hybridized carbons (Fsp3) is 0.211. The van der Waals surface area contributed by atoms with E-state index in [2.05, 4.69) is 44.2 Å². The third-order valence-corrected chi connectivity index (χ3v) is 3.56. The van der Waals surface area contributed by atoms with Gasteiger partial charge in [-0.3, -0.25) is 4.79 Å². The molecule has 0 amide bonds. The third-order valence-electron chi connectivity index (χ3n) is 3.56. The van der Waals surface area contributed by atoms with Crippen LogP contribution in [0.2, 0.25) is 0 Å². The van der Waals surface area contributed by atoms with Crippen molar-refractivity contribution in [2.75, 3.05) is 6.54 Å². The predicted octanol–water partition coefficient (Wildman–Crippen LogP) is 4.01. The molecule has 0 fully saturated rings. The highest BCUT2D eigenvalue weighted by molar-refractivity contribution is 5.96. The number of rotatable bonds is 5. The van der Waals surface area contributed by atoms with Gasteiger partial charge in [0.05, 0.1) is 0 Å². The molecule has 0 aliphatic carbocycles. The molecule has 0 aliphatic heterocycles. The fourth-order valence-electron chi connectivity index (χ4n) is 2.36. The monoisotopic (exact) mass is 279 g/mol. The van der Waals surface area contributed by atoms with E-state index in [9.17, 15) is 4.79 Å². The van der Waals surface area contributed by atoms with Gasteiger partial charge in [-0.05, 0) is 48.7 Å². The summed E-state index contributed by atoms with van der Waals surface area (Å²) in [4.78, 5) is 11.9. The van der Waals surface area contributed by atoms with Crippen molar-refractivity contribution in [3.05, 3.63) is 70.3 Å². The Kier molecular flexibility index (Phi) is 5.07. The number of nitrogens with two attached hydrogens (primary N) is 1. The van der Waals surface area contributed by atoms with Gasteiger partial charge in [0.25, 0.3) is 0 Å². The van der Waals surface area contributed by atoms with Gasteiger partial charge in [-0.2, -0.15) is 0 Å². The molecule has 0 spiro atoms. The van der Waals surface area contributed by atoms with Crippen LogP contribution in [0.25, 0.3) is 12.2 Å². The van der Waals surface area contributed by atoms with Crippen LogP contribution >= 0.6 is 0 Å². The molecule has 0 bridgehead atoms. The maximum atomic E-state index is 11.9. The lowest BCUT2D eigenvalue weighted by Crippen LogP contribution is -2.08. The van der Waals surface area contributed by atoms with E-state index in [1.54, 1.807) is 0 Å². The molecule has 0 saturated heterocycles. The van der Waals surface area contributed by atoms with Crippen LogP contribution in [0.4, 0.5) is 0 Å². The lowest BCUT2D eigenvalue weighted by Gasteiger charge is -2.05. The number of benzene rings is 2. The summed E-state index contributed by atoms with van der Waals surface area (Å²) in [5.74, 6) is 0.0971. The van der Waals surface area contributed by atoms with Crippen LogP contribution in [-0.2, 0) is 0 Å². The topological polar surface area (TPSA) is 43.1 Å². The molecule has 0 aliphatic rings. The second-order valence-corrected chi connectivity index (χ2v) is 5.23. The minimum Gasteiger partial charge on any atom is -0.330 e. The lowest BCUT2D eigenvalue weighted by molar-refractivity contribution is 0.0985. The van der Waals surface area contributed by atoms with E-state index in [0.717, 1.165) is 11.1 Å². The van der Waals surface area contributed by atoms with Crippen LogP contribution in [0.1, 0.15) is 39.0 Å². The van der Waals surface area contributed by atoms with Gasteiger partial charge in [-0.25, -0.2) is 0 Å². The van der Waals surface area contributed by atoms with Crippen molar-refractivity contribution in [3.8, 4) is 0 Å². The summed E-state index contributed by atoms with van der Waals surface area (Å²) in [7, 11) is 0. The molecule has 2 heteroatoms. The molecule has 2 aromatic carbocycles. The van der Waals surface area contributed by atoms with E-state index in [1.165, 1.54) is 16.7 Å². The maximum Gasteiger partial charge on any atom is 0.164 e. The Hall–Kier alpha value is -2.19. The largest absolute Gasteiger partial charge is 0.330 e. The van der Waals surface area contributed by atoms with Crippen molar-refractivity contribution in [1.29, 1.82) is 0 Å². The van der Waals surface area contributed by atoms with Crippen molar-refractivity contribution >= 4 is 17.9 Å². The van der Waals surface area contributed by atoms with Gasteiger partial charge >= 0.3 is 0 Å². The highest BCUT2D eigenvalue weighted by atomic mass is 16.1. The average molecular weight is 279 g/mol. The Morgan fingerprint density at radius 3 is 2.38 bits per heavy atom. The van der Waals surface area contributed by atoms with E-state index in [-0.39, 0.29) is 5.78 Å². The number of Topliss-reactive ketones (excluding diaryl/α,β-unsaturated/α-hetero) is 1. The quantitative estimate of drug-likeness (QED) is 0.664. The molecule has 0 radical (unpaired) electrons. The van der Waals surface area contributed by atoms with Crippen molar-refractivity contribution in [3.63, 3.8) is 0 Å². The van der Waals surface area contributed by atoms with E-state index >= 15 is 0 Å². The molecule has 2 N–H and O–H groups in total. The SMILES string of the molecule is Cc1cccc(C)c1/C=C\c1cccc(C(=O)CCN)c1. The molecule has 2 rings (SSSR count). The zero-order valence-electron chi connectivity index (χ0n) is 12.6. The van der Waals surface area contributed by atoms with Crippen molar-refractivity contribution < 1.29 is 4.79 Å². The van der Waals surface area contributed by atoms with Crippen molar-refractivity contribution in [1.82, 2.24) is 0 Å². The van der Waals surface area contributed by atoms with Gasteiger partial charge in [0.15, 0.2) is 5.78 Å². The van der Waals surface area contributed by atoms with E-state index in [1.807, 2.05) is 24.3 Å². The number of ketones is 1. The van der Waals surface area contributed by atoms with E-state index in [4.69, 9.17) is 5.73 Å². The molecule has 108 valence electrons. The summed E-state index contributed by atoms with van der Waals surface area (Å²) in [5, 5.41) is 0. The summed E-state index contributed by atoms with van der Waals surface area (Å²) < 4.78 is 0. The zero-order valence-corrected chi connectivity index (χ0v) is 12.6. The van der Waals surface area contributed by atoms with Gasteiger partial charge in [-0.15, -0.1) is 0 Å². The van der Waals surface area contributed by atoms with Gasteiger partial charge in [0.2, 0.25) is 0 Å². The molecule has 0 heterocycles. The van der Waals surface area contributed by atoms with Gasteiger partial charge in [-0.1, -0.05) is 48.6 Å². The lowest BCUT2D eigenvalue weighted by atomic mass is 10.0. The number of carbonyl (C=O) groups is 1. The molecular weight excluding hydrogens is 258 g/mol. The highest BCUT2D eigenvalue weighted by Gasteiger charge is 2.04. The Bertz CT molecular complexity index is 651. The summed E-state index contributed by atoms with van der Waals surface area (Å²) in [6.45, 7) is 4.60. The van der Waals surface area contributed by atoms with Crippen LogP contribution < -0.4 is 5.73 Å². The number of carbonyl (C=O) groups excluding carboxylic acids is 1. The van der Waals surface area contributed by atoms with Gasteiger partial charge in [0, 0.05) is 12.0 Å². The summed E-state index contributed by atoms with van der Waals surface area (Å²) in [5.41, 5.74) is 10.9. The Morgan fingerprint density at radius 2 is 1.71 bits per heavy atom. The molecular formula is C19H21NO. The second kappa shape index (κ2) is 7.00. The Labute approximate surface area is 126 Å². The summed E-state index contributed by atoms with van der Waals surface area (Å²) in [6.07, 6.45) is 4.55. The molecule has 21 heavy (non-hydrogen) atoms. The third kappa shape index (κ3) is 3.89. The first kappa shape index (κ1) is 15.2. The first-order valence-corrected chi connectivity index (χ1v) is 7.19. The molecule has 2 nitrogen and oxygen atoms in total. The molecule has 0 unspecified atom stereocenters. The average Bonchev–Trinajstić information content (AvgIpc) is 2.47. The minimum atomic E-state index is 0.0971. The molecule has 0 atom stereocenters. The van der Waals surface area contributed by atoms with Crippen LogP contribution in [-0.4, -0.2) is 12.3 Å². The molecule has 2 aromatic rings. The fourth-order valence-corrected chi connectivity index (χ4v) is 2.36. The van der Waals surface area contributed by atoms with Gasteiger partial charge in [0.1, 0.15) is 0 Å². The minimum absolute atomic E-state index is 0.0971. The van der Waals surface area contributed by atoms with E-state index in [0.29, 0.717) is 13.0 Å². The van der Waals surface area contributed by atoms with Gasteiger partial charge < -0.3 is 5.73 Å². The summed E-state index contributed by atoms with van der Waals surface area (Å²) >= 11 is 0. The number of hydrogen-bond donors (Lipinski definition) is 1. The number of hydrogen-bond acceptors (Lipinski definition) is 2. The molecule has 0 aromatic heterocycles. The standard InChI is InChI=1S/C19H21NO/c1-14-5-3-6-15(2)18(14)10-9-16-7-4-8-17(13-16)19(21)11-12-20/h3-10,13H,11-12,20H2,1-2H3/b10-9-. The van der Waals surface area contributed by atoms with Crippen LogP contribution in [0, 0.1) is 13.8 Å². The first-order chi connectivity index (χ1) is 10.1. The second-order valence-electron chi connectivity index (χ2n) is 5.23. The Morgan fingerprint density at radius 1 is 1.05 bits per heavy atom. The summed E-state index contributed by atoms with van der Waals surface area (Å²) in [6, 6.07) is 13.9. The zero-order chi connectivity index (χ0) is 15.2. The van der Waals surface area contributed by atoms with Crippen molar-refractivity contribution in [2.24, 2.45) is 5.73 Å². The van der Waals surface area contributed by atoms with Crippen LogP contribution in [0.5, 0.6) is 0 Å². The van der Waals surface area contributed by atoms with Crippen LogP contribution in [0.15, 0.2) is 42.5 Å². The Balaban J connectivity index is 2.26. The smallest absolute Gasteiger partial charge is 0.164 e. The van der Waals surface area contributed by atoms with Crippen LogP contribution in [0.3, 0.4) is 0 Å². The predicted molar refractivity (Wildman–Crippen MR) is 89.3 cm³/mol. The van der Waals surface area contributed by atoms with E-state index < -0.39 is 0 Å².